The Hall–Kier alpha value is -2.19. The highest BCUT2D eigenvalue weighted by atomic mass is 32.2. The quantitative estimate of drug-likeness (QED) is 0.765. The maximum absolute atomic E-state index is 14.1. The molecule has 1 atom stereocenters. The van der Waals surface area contributed by atoms with Crippen LogP contribution in [0.2, 0.25) is 0 Å². The van der Waals surface area contributed by atoms with Gasteiger partial charge in [-0.15, -0.1) is 0 Å². The van der Waals surface area contributed by atoms with Gasteiger partial charge in [0.2, 0.25) is 10.0 Å². The molecule has 8 heteroatoms. The van der Waals surface area contributed by atoms with E-state index in [-0.39, 0.29) is 17.5 Å². The monoisotopic (exact) mass is 405 g/mol. The van der Waals surface area contributed by atoms with E-state index in [1.807, 2.05) is 12.1 Å². The van der Waals surface area contributed by atoms with Crippen molar-refractivity contribution in [2.24, 2.45) is 0 Å². The van der Waals surface area contributed by atoms with E-state index in [4.69, 9.17) is 4.74 Å². The average molecular weight is 405 g/mol. The first-order valence-electron chi connectivity index (χ1n) is 9.58. The van der Waals surface area contributed by atoms with Gasteiger partial charge in [0.05, 0.1) is 6.54 Å². The fourth-order valence-corrected chi connectivity index (χ4v) is 5.42. The fourth-order valence-electron chi connectivity index (χ4n) is 3.78. The number of nitrogens with zero attached hydrogens (tertiary/aromatic N) is 3. The zero-order chi connectivity index (χ0) is 19.7. The van der Waals surface area contributed by atoms with Gasteiger partial charge in [-0.1, -0.05) is 6.07 Å². The molecule has 0 aliphatic carbocycles. The second kappa shape index (κ2) is 7.67. The summed E-state index contributed by atoms with van der Waals surface area (Å²) in [6, 6.07) is 7.83. The van der Waals surface area contributed by atoms with Crippen molar-refractivity contribution in [3.8, 4) is 5.75 Å². The van der Waals surface area contributed by atoms with E-state index in [2.05, 4.69) is 9.88 Å². The largest absolute Gasteiger partial charge is 0.485 e. The lowest BCUT2D eigenvalue weighted by molar-refractivity contribution is 0.215. The van der Waals surface area contributed by atoms with E-state index in [9.17, 15) is 12.8 Å². The molecule has 2 aliphatic rings. The van der Waals surface area contributed by atoms with Gasteiger partial charge in [0.1, 0.15) is 16.8 Å². The molecule has 2 aliphatic heterocycles. The number of halogens is 1. The Morgan fingerprint density at radius 3 is 2.75 bits per heavy atom. The highest BCUT2D eigenvalue weighted by Gasteiger charge is 2.35. The van der Waals surface area contributed by atoms with Gasteiger partial charge in [0.25, 0.3) is 0 Å². The summed E-state index contributed by atoms with van der Waals surface area (Å²) in [6.45, 7) is 4.15. The third kappa shape index (κ3) is 3.71. The van der Waals surface area contributed by atoms with Gasteiger partial charge in [-0.2, -0.15) is 4.31 Å². The average Bonchev–Trinajstić information content (AvgIpc) is 3.36. The molecule has 1 aromatic carbocycles. The number of ether oxygens (including phenoxy) is 1. The Morgan fingerprint density at radius 1 is 1.18 bits per heavy atom. The van der Waals surface area contributed by atoms with Gasteiger partial charge in [0, 0.05) is 25.8 Å². The van der Waals surface area contributed by atoms with Crippen molar-refractivity contribution in [2.75, 3.05) is 31.1 Å². The maximum Gasteiger partial charge on any atom is 0.246 e. The number of aromatic nitrogens is 1. The molecule has 28 heavy (non-hydrogen) atoms. The fraction of sp³-hybridized carbons (Fsp3) is 0.450. The Bertz CT molecular complexity index is 961. The molecule has 0 bridgehead atoms. The minimum absolute atomic E-state index is 0.198. The highest BCUT2D eigenvalue weighted by Crippen LogP contribution is 2.31. The first kappa shape index (κ1) is 19.1. The van der Waals surface area contributed by atoms with E-state index in [1.54, 1.807) is 19.2 Å². The molecule has 1 unspecified atom stereocenters. The van der Waals surface area contributed by atoms with Gasteiger partial charge in [0.15, 0.2) is 11.6 Å². The molecule has 0 radical (unpaired) electrons. The number of hydrogen-bond donors (Lipinski definition) is 0. The number of sulfonamides is 1. The Labute approximate surface area is 165 Å². The summed E-state index contributed by atoms with van der Waals surface area (Å²) in [5.74, 6) is 0.764. The van der Waals surface area contributed by atoms with Crippen molar-refractivity contribution in [3.63, 3.8) is 0 Å². The third-order valence-corrected chi connectivity index (χ3v) is 7.14. The van der Waals surface area contributed by atoms with Crippen LogP contribution < -0.4 is 9.64 Å². The molecule has 6 nitrogen and oxygen atoms in total. The second-order valence-electron chi connectivity index (χ2n) is 7.34. The molecule has 0 spiro atoms. The number of benzene rings is 1. The van der Waals surface area contributed by atoms with Gasteiger partial charge in [-0.3, -0.25) is 0 Å². The highest BCUT2D eigenvalue weighted by molar-refractivity contribution is 7.89. The Kier molecular flexibility index (Phi) is 5.25. The molecule has 150 valence electrons. The minimum atomic E-state index is -3.89. The minimum Gasteiger partial charge on any atom is -0.485 e. The van der Waals surface area contributed by atoms with Crippen molar-refractivity contribution in [1.82, 2.24) is 9.29 Å². The predicted octanol–water partition coefficient (Wildman–Crippen LogP) is 2.97. The molecule has 0 N–H and O–H groups in total. The number of rotatable bonds is 5. The summed E-state index contributed by atoms with van der Waals surface area (Å²) in [5.41, 5.74) is 0.706. The summed E-state index contributed by atoms with van der Waals surface area (Å²) >= 11 is 0. The third-order valence-electron chi connectivity index (χ3n) is 5.26. The first-order chi connectivity index (χ1) is 13.4. The van der Waals surface area contributed by atoms with Gasteiger partial charge in [-0.05, 0) is 56.0 Å². The van der Waals surface area contributed by atoms with E-state index < -0.39 is 15.8 Å². The van der Waals surface area contributed by atoms with Crippen LogP contribution in [0.15, 0.2) is 41.4 Å². The van der Waals surface area contributed by atoms with Crippen molar-refractivity contribution in [3.05, 3.63) is 47.9 Å². The molecule has 4 rings (SSSR count). The molecule has 0 saturated carbocycles. The van der Waals surface area contributed by atoms with E-state index in [0.29, 0.717) is 24.3 Å². The smallest absolute Gasteiger partial charge is 0.246 e. The number of anilines is 1. The van der Waals surface area contributed by atoms with Crippen molar-refractivity contribution in [1.29, 1.82) is 0 Å². The Balaban J connectivity index is 1.50. The van der Waals surface area contributed by atoms with Gasteiger partial charge >= 0.3 is 0 Å². The van der Waals surface area contributed by atoms with Crippen LogP contribution in [-0.4, -0.2) is 50.0 Å². The Morgan fingerprint density at radius 2 is 1.96 bits per heavy atom. The van der Waals surface area contributed by atoms with Crippen LogP contribution in [0, 0.1) is 12.7 Å². The van der Waals surface area contributed by atoms with Crippen molar-refractivity contribution < 1.29 is 17.5 Å². The molecule has 2 fully saturated rings. The van der Waals surface area contributed by atoms with Crippen LogP contribution in [0.1, 0.15) is 24.8 Å². The topological polar surface area (TPSA) is 62.7 Å². The summed E-state index contributed by atoms with van der Waals surface area (Å²) in [6.07, 6.45) is 4.28. The zero-order valence-corrected chi connectivity index (χ0v) is 16.7. The number of aryl methyl sites for hydroxylation is 1. The molecular weight excluding hydrogens is 381 g/mol. The lowest BCUT2D eigenvalue weighted by atomic mass is 10.2. The normalized spacial score (nSPS) is 20.6. The SMILES string of the molecule is Cc1ccc(F)c(S(=O)(=O)N2CCC(Oc3cccnc3N3CCCC3)C2)c1. The molecule has 2 aromatic rings. The van der Waals surface area contributed by atoms with Crippen LogP contribution in [0.3, 0.4) is 0 Å². The zero-order valence-electron chi connectivity index (χ0n) is 15.8. The van der Waals surface area contributed by atoms with Crippen molar-refractivity contribution >= 4 is 15.8 Å². The van der Waals surface area contributed by atoms with Crippen LogP contribution in [0.4, 0.5) is 10.2 Å². The van der Waals surface area contributed by atoms with Gasteiger partial charge < -0.3 is 9.64 Å². The first-order valence-corrected chi connectivity index (χ1v) is 11.0. The molecule has 3 heterocycles. The summed E-state index contributed by atoms with van der Waals surface area (Å²) in [7, 11) is -3.89. The lowest BCUT2D eigenvalue weighted by Crippen LogP contribution is -2.32. The van der Waals surface area contributed by atoms with Crippen LogP contribution in [0.25, 0.3) is 0 Å². The van der Waals surface area contributed by atoms with Gasteiger partial charge in [-0.25, -0.2) is 17.8 Å². The van der Waals surface area contributed by atoms with Crippen LogP contribution in [0.5, 0.6) is 5.75 Å². The molecular formula is C20H24FN3O3S. The van der Waals surface area contributed by atoms with E-state index in [0.717, 1.165) is 31.7 Å². The van der Waals surface area contributed by atoms with Crippen molar-refractivity contribution in [2.45, 2.75) is 37.2 Å². The lowest BCUT2D eigenvalue weighted by Gasteiger charge is -2.22. The molecule has 0 amide bonds. The predicted molar refractivity (Wildman–Crippen MR) is 105 cm³/mol. The second-order valence-corrected chi connectivity index (χ2v) is 9.25. The molecule has 2 saturated heterocycles. The number of pyridine rings is 1. The van der Waals surface area contributed by atoms with Crippen LogP contribution >= 0.6 is 0 Å². The summed E-state index contributed by atoms with van der Waals surface area (Å²) in [4.78, 5) is 6.38. The standard InChI is InChI=1S/C20H24FN3O3S/c1-15-6-7-17(21)19(13-15)28(25,26)24-12-8-16(14-24)27-18-5-4-9-22-20(18)23-10-2-3-11-23/h4-7,9,13,16H,2-3,8,10-12,14H2,1H3. The van der Waals surface area contributed by atoms with Crippen LogP contribution in [-0.2, 0) is 10.0 Å². The number of hydrogen-bond acceptors (Lipinski definition) is 5. The van der Waals surface area contributed by atoms with E-state index >= 15 is 0 Å². The van der Waals surface area contributed by atoms with E-state index in [1.165, 1.54) is 16.4 Å². The maximum atomic E-state index is 14.1. The summed E-state index contributed by atoms with van der Waals surface area (Å²) in [5, 5.41) is 0. The molecule has 1 aromatic heterocycles. The summed E-state index contributed by atoms with van der Waals surface area (Å²) < 4.78 is 47.4.